The number of ether oxygens (including phenoxy) is 6. The van der Waals surface area contributed by atoms with E-state index < -0.39 is 80.0 Å². The summed E-state index contributed by atoms with van der Waals surface area (Å²) in [4.78, 5) is 36.9. The maximum Gasteiger partial charge on any atom is 0.338 e. The summed E-state index contributed by atoms with van der Waals surface area (Å²) in [6.07, 6.45) is -14.0. The zero-order valence-corrected chi connectivity index (χ0v) is 30.2. The molecule has 3 aliphatic rings. The lowest BCUT2D eigenvalue weighted by Gasteiger charge is -2.45. The van der Waals surface area contributed by atoms with Crippen LogP contribution in [0.3, 0.4) is 0 Å². The van der Waals surface area contributed by atoms with Gasteiger partial charge in [-0.15, -0.1) is 0 Å². The molecule has 0 aromatic heterocycles. The molecular formula is C37H51N3O14. The molecule has 298 valence electrons. The van der Waals surface area contributed by atoms with Crippen LogP contribution in [0.15, 0.2) is 54.6 Å². The number of rotatable bonds is 9. The monoisotopic (exact) mass is 761 g/mol. The van der Waals surface area contributed by atoms with Crippen molar-refractivity contribution in [3.63, 3.8) is 0 Å². The first kappa shape index (κ1) is 41.4. The van der Waals surface area contributed by atoms with Crippen LogP contribution in [0.1, 0.15) is 55.1 Å². The SMILES string of the molecule is CC(=O)O[C@@H]1CCN[C@H](c2ccc(O[C@@H]3O[C@@H](C)[C@H](O)[C@@H](O)[C@H]3O[C@@H]3O[C@H](COC(=O)c4ccccc4)[C@@H](O)[C@H](O)[C@H]3O)cc2)CC(=O)NCCCNC1. The lowest BCUT2D eigenvalue weighted by Crippen LogP contribution is -2.64. The minimum atomic E-state index is -1.81. The van der Waals surface area contributed by atoms with Gasteiger partial charge in [0.25, 0.3) is 0 Å². The maximum atomic E-state index is 12.8. The summed E-state index contributed by atoms with van der Waals surface area (Å²) in [6, 6.07) is 14.5. The molecule has 12 atom stereocenters. The quantitative estimate of drug-likeness (QED) is 0.143. The summed E-state index contributed by atoms with van der Waals surface area (Å²) < 4.78 is 34.3. The summed E-state index contributed by atoms with van der Waals surface area (Å²) in [5.41, 5.74) is 1.02. The maximum absolute atomic E-state index is 12.8. The predicted octanol–water partition coefficient (Wildman–Crippen LogP) is -0.966. The van der Waals surface area contributed by atoms with Gasteiger partial charge in [0, 0.05) is 32.5 Å². The molecule has 3 heterocycles. The van der Waals surface area contributed by atoms with Crippen LogP contribution in [0.5, 0.6) is 5.75 Å². The van der Waals surface area contributed by atoms with Crippen molar-refractivity contribution in [2.45, 2.75) is 107 Å². The molecule has 0 saturated carbocycles. The first-order valence-electron chi connectivity index (χ1n) is 18.1. The predicted molar refractivity (Wildman–Crippen MR) is 188 cm³/mol. The summed E-state index contributed by atoms with van der Waals surface area (Å²) in [5.74, 6) is -0.939. The van der Waals surface area contributed by atoms with Gasteiger partial charge in [-0.2, -0.15) is 0 Å². The molecule has 0 unspecified atom stereocenters. The Morgan fingerprint density at radius 1 is 0.852 bits per heavy atom. The Kier molecular flexibility index (Phi) is 15.1. The van der Waals surface area contributed by atoms with Gasteiger partial charge in [0.15, 0.2) is 12.4 Å². The summed E-state index contributed by atoms with van der Waals surface area (Å²) >= 11 is 0. The second kappa shape index (κ2) is 19.7. The minimum Gasteiger partial charge on any atom is -0.462 e. The van der Waals surface area contributed by atoms with Crippen molar-refractivity contribution in [3.05, 3.63) is 65.7 Å². The van der Waals surface area contributed by atoms with Crippen LogP contribution in [0, 0.1) is 0 Å². The third-order valence-electron chi connectivity index (χ3n) is 9.47. The van der Waals surface area contributed by atoms with Gasteiger partial charge in [0.2, 0.25) is 12.2 Å². The second-order valence-corrected chi connectivity index (χ2v) is 13.6. The molecular weight excluding hydrogens is 710 g/mol. The molecule has 54 heavy (non-hydrogen) atoms. The van der Waals surface area contributed by atoms with Gasteiger partial charge < -0.3 is 69.9 Å². The number of esters is 2. The molecule has 0 radical (unpaired) electrons. The van der Waals surface area contributed by atoms with Gasteiger partial charge in [-0.1, -0.05) is 30.3 Å². The highest BCUT2D eigenvalue weighted by Crippen LogP contribution is 2.31. The Balaban J connectivity index is 1.26. The Morgan fingerprint density at radius 2 is 1.59 bits per heavy atom. The number of aliphatic hydroxyl groups excluding tert-OH is 5. The van der Waals surface area contributed by atoms with Gasteiger partial charge in [-0.25, -0.2) is 4.79 Å². The Labute approximate surface area is 312 Å². The number of nitrogens with one attached hydrogen (secondary N) is 3. The molecule has 17 heteroatoms. The number of carbonyl (C=O) groups excluding carboxylic acids is 3. The van der Waals surface area contributed by atoms with Crippen molar-refractivity contribution >= 4 is 17.8 Å². The van der Waals surface area contributed by atoms with Crippen LogP contribution in [0.2, 0.25) is 0 Å². The highest BCUT2D eigenvalue weighted by atomic mass is 16.8. The third kappa shape index (κ3) is 11.2. The second-order valence-electron chi connectivity index (χ2n) is 13.6. The Hall–Kier alpha value is -3.75. The van der Waals surface area contributed by atoms with Gasteiger partial charge in [-0.3, -0.25) is 9.59 Å². The molecule has 0 spiro atoms. The number of aliphatic hydroxyl groups is 5. The fraction of sp³-hybridized carbons (Fsp3) is 0.595. The largest absolute Gasteiger partial charge is 0.462 e. The molecule has 2 aromatic carbocycles. The van der Waals surface area contributed by atoms with Crippen LogP contribution < -0.4 is 20.7 Å². The third-order valence-corrected chi connectivity index (χ3v) is 9.47. The highest BCUT2D eigenvalue weighted by molar-refractivity contribution is 5.89. The first-order chi connectivity index (χ1) is 25.9. The number of carbonyl (C=O) groups is 3. The first-order valence-corrected chi connectivity index (χ1v) is 18.1. The van der Waals surface area contributed by atoms with E-state index in [1.807, 2.05) is 0 Å². The van der Waals surface area contributed by atoms with E-state index in [1.165, 1.54) is 26.0 Å². The molecule has 8 N–H and O–H groups in total. The van der Waals surface area contributed by atoms with Crippen LogP contribution in [0.25, 0.3) is 0 Å². The van der Waals surface area contributed by atoms with Gasteiger partial charge >= 0.3 is 11.9 Å². The highest BCUT2D eigenvalue weighted by Gasteiger charge is 2.51. The van der Waals surface area contributed by atoms with Crippen LogP contribution >= 0.6 is 0 Å². The van der Waals surface area contributed by atoms with Crippen molar-refractivity contribution in [2.24, 2.45) is 0 Å². The number of hydrogen-bond donors (Lipinski definition) is 8. The normalized spacial score (nSPS) is 34.2. The minimum absolute atomic E-state index is 0.137. The van der Waals surface area contributed by atoms with E-state index in [4.69, 9.17) is 28.4 Å². The summed E-state index contributed by atoms with van der Waals surface area (Å²) in [7, 11) is 0. The van der Waals surface area contributed by atoms with Crippen LogP contribution in [-0.4, -0.2) is 144 Å². The fourth-order valence-electron chi connectivity index (χ4n) is 6.42. The van der Waals surface area contributed by atoms with Gasteiger partial charge in [0.1, 0.15) is 55.1 Å². The van der Waals surface area contributed by atoms with Crippen molar-refractivity contribution in [1.82, 2.24) is 16.0 Å². The van der Waals surface area contributed by atoms with Gasteiger partial charge in [0.05, 0.1) is 11.7 Å². The number of amides is 1. The number of hydrogen-bond acceptors (Lipinski definition) is 16. The molecule has 3 fully saturated rings. The Bertz CT molecular complexity index is 1500. The van der Waals surface area contributed by atoms with E-state index in [0.29, 0.717) is 39.0 Å². The lowest BCUT2D eigenvalue weighted by molar-refractivity contribution is -0.355. The van der Waals surface area contributed by atoms with E-state index >= 15 is 0 Å². The molecule has 1 amide bonds. The van der Waals surface area contributed by atoms with E-state index in [0.717, 1.165) is 5.56 Å². The molecule has 0 bridgehead atoms. The van der Waals surface area contributed by atoms with E-state index in [-0.39, 0.29) is 35.7 Å². The standard InChI is InChI=1S/C37H51N3O14/c1-20-29(43)32(46)34(54-36-33(47)31(45)30(44)27(53-36)19-49-35(48)23-7-4-3-5-8-23)37(50-20)52-24-11-9-22(10-12-24)26-17-28(42)40-15-6-14-38-18-25(13-16-39-26)51-21(2)41/h3-5,7-12,20,25-27,29-34,36-39,43-47H,6,13-19H2,1-2H3,(H,40,42)/t20-,25+,26-,27+,29-,30+,31-,32+,33+,34+,36-,37-/m0/s1. The summed E-state index contributed by atoms with van der Waals surface area (Å²) in [6.45, 7) is 4.48. The van der Waals surface area contributed by atoms with Crippen molar-refractivity contribution in [2.75, 3.05) is 32.8 Å². The van der Waals surface area contributed by atoms with E-state index in [1.54, 1.807) is 42.5 Å². The lowest BCUT2D eigenvalue weighted by atomic mass is 9.97. The number of benzene rings is 2. The zero-order chi connectivity index (χ0) is 38.8. The topological polar surface area (TPSA) is 244 Å². The molecule has 0 aliphatic carbocycles. The Morgan fingerprint density at radius 3 is 2.31 bits per heavy atom. The molecule has 17 nitrogen and oxygen atoms in total. The molecule has 3 aliphatic heterocycles. The zero-order valence-electron chi connectivity index (χ0n) is 30.2. The van der Waals surface area contributed by atoms with E-state index in [9.17, 15) is 39.9 Å². The average molecular weight is 762 g/mol. The van der Waals surface area contributed by atoms with Crippen molar-refractivity contribution < 1.29 is 68.3 Å². The van der Waals surface area contributed by atoms with Crippen LogP contribution in [-0.2, 0) is 33.3 Å². The fourth-order valence-corrected chi connectivity index (χ4v) is 6.42. The average Bonchev–Trinajstić information content (AvgIpc) is 3.17. The molecule has 2 aromatic rings. The smallest absolute Gasteiger partial charge is 0.338 e. The van der Waals surface area contributed by atoms with Gasteiger partial charge in [-0.05, 0) is 62.7 Å². The van der Waals surface area contributed by atoms with Crippen molar-refractivity contribution in [3.8, 4) is 5.75 Å². The summed E-state index contributed by atoms with van der Waals surface area (Å²) in [5, 5.41) is 63.3. The van der Waals surface area contributed by atoms with E-state index in [2.05, 4.69) is 16.0 Å². The van der Waals surface area contributed by atoms with Crippen molar-refractivity contribution in [1.29, 1.82) is 0 Å². The van der Waals surface area contributed by atoms with Crippen LogP contribution in [0.4, 0.5) is 0 Å². The molecule has 5 rings (SSSR count). The molecule has 3 saturated heterocycles.